The fraction of sp³-hybridized carbons (Fsp3) is 0.929. The van der Waals surface area contributed by atoms with Crippen LogP contribution in [-0.4, -0.2) is 37.7 Å². The molecule has 0 radical (unpaired) electrons. The van der Waals surface area contributed by atoms with Crippen molar-refractivity contribution in [1.82, 2.24) is 16.0 Å². The summed E-state index contributed by atoms with van der Waals surface area (Å²) < 4.78 is 0. The Hall–Kier alpha value is -0.0400. The summed E-state index contributed by atoms with van der Waals surface area (Å²) in [6, 6.07) is 0. The van der Waals surface area contributed by atoms with Gasteiger partial charge < -0.3 is 16.0 Å². The van der Waals surface area contributed by atoms with Crippen LogP contribution in [0.5, 0.6) is 0 Å². The van der Waals surface area contributed by atoms with Crippen LogP contribution in [0.15, 0.2) is 4.99 Å². The molecular weight excluding hydrogens is 351 g/mol. The van der Waals surface area contributed by atoms with Gasteiger partial charge in [0.05, 0.1) is 0 Å². The van der Waals surface area contributed by atoms with E-state index in [-0.39, 0.29) is 29.5 Å². The van der Waals surface area contributed by atoms with Crippen molar-refractivity contribution in [1.29, 1.82) is 0 Å². The molecule has 0 aromatic carbocycles. The van der Waals surface area contributed by atoms with Gasteiger partial charge in [-0.2, -0.15) is 0 Å². The first kappa shape index (κ1) is 21.3. The minimum atomic E-state index is 0. The molecular formula is C14H33IN4. The molecule has 4 nitrogen and oxygen atoms in total. The minimum absolute atomic E-state index is 0. The maximum Gasteiger partial charge on any atom is 0.191 e. The lowest BCUT2D eigenvalue weighted by Gasteiger charge is -2.21. The van der Waals surface area contributed by atoms with Gasteiger partial charge in [-0.25, -0.2) is 0 Å². The van der Waals surface area contributed by atoms with Crippen LogP contribution >= 0.6 is 24.0 Å². The third-order valence-corrected chi connectivity index (χ3v) is 2.39. The first-order chi connectivity index (χ1) is 8.35. The number of guanidine groups is 1. The Morgan fingerprint density at radius 3 is 2.21 bits per heavy atom. The monoisotopic (exact) mass is 384 g/mol. The lowest BCUT2D eigenvalue weighted by molar-refractivity contribution is 0.428. The number of nitrogens with one attached hydrogen (secondary N) is 3. The molecule has 0 unspecified atom stereocenters. The van der Waals surface area contributed by atoms with E-state index >= 15 is 0 Å². The number of hydrogen-bond donors (Lipinski definition) is 3. The molecule has 3 N–H and O–H groups in total. The topological polar surface area (TPSA) is 48.5 Å². The van der Waals surface area contributed by atoms with Gasteiger partial charge in [-0.15, -0.1) is 24.0 Å². The van der Waals surface area contributed by atoms with Gasteiger partial charge in [-0.3, -0.25) is 4.99 Å². The summed E-state index contributed by atoms with van der Waals surface area (Å²) in [5.74, 6) is 1.63. The highest BCUT2D eigenvalue weighted by atomic mass is 127. The van der Waals surface area contributed by atoms with E-state index in [2.05, 4.69) is 62.5 Å². The highest BCUT2D eigenvalue weighted by Crippen LogP contribution is 1.98. The molecule has 19 heavy (non-hydrogen) atoms. The average molecular weight is 384 g/mol. The van der Waals surface area contributed by atoms with Crippen LogP contribution in [0.1, 0.15) is 48.0 Å². The summed E-state index contributed by atoms with van der Waals surface area (Å²) in [6.07, 6.45) is 1.14. The zero-order valence-electron chi connectivity index (χ0n) is 13.5. The Morgan fingerprint density at radius 1 is 1.11 bits per heavy atom. The van der Waals surface area contributed by atoms with Crippen LogP contribution < -0.4 is 16.0 Å². The van der Waals surface area contributed by atoms with Crippen molar-refractivity contribution >= 4 is 29.9 Å². The molecule has 0 aliphatic carbocycles. The third kappa shape index (κ3) is 15.9. The highest BCUT2D eigenvalue weighted by molar-refractivity contribution is 14.0. The molecule has 0 aromatic heterocycles. The van der Waals surface area contributed by atoms with E-state index in [1.165, 1.54) is 0 Å². The van der Waals surface area contributed by atoms with Gasteiger partial charge in [0.25, 0.3) is 0 Å². The maximum absolute atomic E-state index is 4.55. The molecule has 0 atom stereocenters. The van der Waals surface area contributed by atoms with Crippen molar-refractivity contribution in [2.45, 2.75) is 53.5 Å². The summed E-state index contributed by atoms with van der Waals surface area (Å²) in [4.78, 5) is 4.55. The Morgan fingerprint density at radius 2 is 1.74 bits per heavy atom. The normalized spacial score (nSPS) is 12.3. The van der Waals surface area contributed by atoms with Gasteiger partial charge >= 0.3 is 0 Å². The molecule has 0 rings (SSSR count). The number of nitrogens with zero attached hydrogens (tertiary/aromatic N) is 1. The van der Waals surface area contributed by atoms with Crippen molar-refractivity contribution in [3.8, 4) is 0 Å². The van der Waals surface area contributed by atoms with Gasteiger partial charge in [0.2, 0.25) is 0 Å². The van der Waals surface area contributed by atoms with E-state index < -0.39 is 0 Å². The van der Waals surface area contributed by atoms with Crippen molar-refractivity contribution in [2.75, 3.05) is 26.2 Å². The number of aliphatic imine (C=N–C) groups is 1. The molecule has 5 heteroatoms. The van der Waals surface area contributed by atoms with E-state index in [4.69, 9.17) is 0 Å². The molecule has 0 spiro atoms. The smallest absolute Gasteiger partial charge is 0.191 e. The minimum Gasteiger partial charge on any atom is -0.357 e. The van der Waals surface area contributed by atoms with Gasteiger partial charge in [-0.1, -0.05) is 13.8 Å². The van der Waals surface area contributed by atoms with Crippen LogP contribution in [0.4, 0.5) is 0 Å². The summed E-state index contributed by atoms with van der Waals surface area (Å²) in [5, 5.41) is 10.1. The van der Waals surface area contributed by atoms with E-state index in [0.29, 0.717) is 5.92 Å². The van der Waals surface area contributed by atoms with E-state index in [0.717, 1.165) is 38.6 Å². The number of rotatable bonds is 7. The number of halogens is 1. The second-order valence-electron chi connectivity index (χ2n) is 6.05. The standard InChI is InChI=1S/C14H32N4.HI/c1-7-15-13(16-9-8-12(2)3)17-10-11-18-14(4,5)6;/h12,18H,7-11H2,1-6H3,(H2,15,16,17);1H. The molecule has 0 fully saturated rings. The van der Waals surface area contributed by atoms with E-state index in [1.54, 1.807) is 0 Å². The fourth-order valence-corrected chi connectivity index (χ4v) is 1.39. The lowest BCUT2D eigenvalue weighted by atomic mass is 10.1. The van der Waals surface area contributed by atoms with Crippen LogP contribution in [0.3, 0.4) is 0 Å². The molecule has 116 valence electrons. The second kappa shape index (κ2) is 11.8. The Kier molecular flexibility index (Phi) is 13.2. The first-order valence-electron chi connectivity index (χ1n) is 7.12. The fourth-order valence-electron chi connectivity index (χ4n) is 1.39. The van der Waals surface area contributed by atoms with Gasteiger partial charge in [0, 0.05) is 31.7 Å². The van der Waals surface area contributed by atoms with Crippen LogP contribution in [-0.2, 0) is 0 Å². The quantitative estimate of drug-likeness (QED) is 0.274. The van der Waals surface area contributed by atoms with Gasteiger partial charge in [0.1, 0.15) is 0 Å². The molecule has 0 saturated heterocycles. The largest absolute Gasteiger partial charge is 0.357 e. The van der Waals surface area contributed by atoms with Crippen molar-refractivity contribution in [3.63, 3.8) is 0 Å². The molecule has 0 heterocycles. The molecule has 0 aliphatic heterocycles. The SMILES string of the molecule is CCNC(=NCCC(C)C)NCCNC(C)(C)C.I. The van der Waals surface area contributed by atoms with Gasteiger partial charge in [0.15, 0.2) is 5.96 Å². The zero-order valence-corrected chi connectivity index (χ0v) is 15.8. The number of hydrogen-bond acceptors (Lipinski definition) is 2. The maximum atomic E-state index is 4.55. The lowest BCUT2D eigenvalue weighted by Crippen LogP contribution is -2.44. The molecule has 0 aliphatic rings. The highest BCUT2D eigenvalue weighted by Gasteiger charge is 2.07. The van der Waals surface area contributed by atoms with Crippen molar-refractivity contribution in [3.05, 3.63) is 0 Å². The molecule has 0 bridgehead atoms. The summed E-state index contributed by atoms with van der Waals surface area (Å²) in [7, 11) is 0. The average Bonchev–Trinajstić information content (AvgIpc) is 2.22. The van der Waals surface area contributed by atoms with Crippen LogP contribution in [0, 0.1) is 5.92 Å². The first-order valence-corrected chi connectivity index (χ1v) is 7.12. The predicted octanol–water partition coefficient (Wildman–Crippen LogP) is 2.59. The predicted molar refractivity (Wildman–Crippen MR) is 96.6 cm³/mol. The van der Waals surface area contributed by atoms with Crippen LogP contribution in [0.25, 0.3) is 0 Å². The Bertz CT molecular complexity index is 234. The van der Waals surface area contributed by atoms with Crippen molar-refractivity contribution in [2.24, 2.45) is 10.9 Å². The molecule has 0 aromatic rings. The second-order valence-corrected chi connectivity index (χ2v) is 6.05. The summed E-state index contributed by atoms with van der Waals surface area (Å²) in [6.45, 7) is 16.7. The molecule has 0 saturated carbocycles. The summed E-state index contributed by atoms with van der Waals surface area (Å²) >= 11 is 0. The Balaban J connectivity index is 0. The Labute approximate surface area is 136 Å². The third-order valence-electron chi connectivity index (χ3n) is 2.39. The van der Waals surface area contributed by atoms with Crippen molar-refractivity contribution < 1.29 is 0 Å². The summed E-state index contributed by atoms with van der Waals surface area (Å²) in [5.41, 5.74) is 0.175. The van der Waals surface area contributed by atoms with Crippen LogP contribution in [0.2, 0.25) is 0 Å². The zero-order chi connectivity index (χ0) is 14.0. The molecule has 0 amide bonds. The van der Waals surface area contributed by atoms with E-state index in [9.17, 15) is 0 Å². The van der Waals surface area contributed by atoms with E-state index in [1.807, 2.05) is 0 Å². The van der Waals surface area contributed by atoms with Gasteiger partial charge in [-0.05, 0) is 40.0 Å².